The molecule has 2 aliphatic heterocycles. The Labute approximate surface area is 340 Å². The Kier molecular flexibility index (Phi) is 12.2. The van der Waals surface area contributed by atoms with Crippen LogP contribution in [0.1, 0.15) is 66.5 Å². The molecule has 4 aromatic carbocycles. The summed E-state index contributed by atoms with van der Waals surface area (Å²) < 4.78 is 43.4. The average molecular weight is 807 g/mol. The molecule has 7 rings (SSSR count). The predicted molar refractivity (Wildman–Crippen MR) is 223 cm³/mol. The molecule has 2 aliphatic rings. The van der Waals surface area contributed by atoms with Crippen LogP contribution in [0.15, 0.2) is 120 Å². The molecule has 304 valence electrons. The van der Waals surface area contributed by atoms with Crippen molar-refractivity contribution in [3.8, 4) is 11.5 Å². The first-order valence-corrected chi connectivity index (χ1v) is 21.1. The van der Waals surface area contributed by atoms with Crippen molar-refractivity contribution in [3.63, 3.8) is 0 Å². The highest BCUT2D eigenvalue weighted by Gasteiger charge is 2.68. The molecule has 1 amide bonds. The fourth-order valence-electron chi connectivity index (χ4n) is 8.07. The standard InChI is InChI=1S/C45H51N4O8P/c1-29(2)49(30(3)4)58(8)56-39-38-42(48-27-31(5)40(47-43(48)51)46-41(50)32-15-11-9-12-16-32)55-44(39,28-54-38)57-45(33-17-13-10-14-18-33,34-19-23-36(52-6)24-20-34)35-21-25-37(53-7)26-22-35/h9-27,29-30,38-39,42H,28H2,1-8H3,(H,46,47,50,51)/t38-,39+,42-,44-,58?/m1/s1. The van der Waals surface area contributed by atoms with Gasteiger partial charge >= 0.3 is 5.69 Å². The van der Waals surface area contributed by atoms with Gasteiger partial charge in [-0.1, -0.05) is 72.8 Å². The fourth-order valence-corrected chi connectivity index (χ4v) is 10.1. The van der Waals surface area contributed by atoms with Gasteiger partial charge in [0, 0.05) is 29.4 Å². The van der Waals surface area contributed by atoms with E-state index in [-0.39, 0.29) is 30.4 Å². The lowest BCUT2D eigenvalue weighted by Crippen LogP contribution is -2.52. The summed E-state index contributed by atoms with van der Waals surface area (Å²) in [6.07, 6.45) is -0.921. The van der Waals surface area contributed by atoms with Gasteiger partial charge in [0.05, 0.1) is 14.2 Å². The van der Waals surface area contributed by atoms with Crippen LogP contribution in [0.3, 0.4) is 0 Å². The van der Waals surface area contributed by atoms with Gasteiger partial charge in [-0.25, -0.2) is 4.79 Å². The number of hydrogen-bond acceptors (Lipinski definition) is 10. The monoisotopic (exact) mass is 806 g/mol. The summed E-state index contributed by atoms with van der Waals surface area (Å²) in [4.78, 5) is 31.4. The van der Waals surface area contributed by atoms with E-state index in [1.54, 1.807) is 51.6 Å². The summed E-state index contributed by atoms with van der Waals surface area (Å²) in [5.74, 6) is -0.396. The highest BCUT2D eigenvalue weighted by molar-refractivity contribution is 7.49. The maximum Gasteiger partial charge on any atom is 0.351 e. The van der Waals surface area contributed by atoms with Crippen molar-refractivity contribution in [2.75, 3.05) is 32.8 Å². The quantitative estimate of drug-likeness (QED) is 0.0826. The number of nitrogens with one attached hydrogen (secondary N) is 1. The number of benzene rings is 4. The largest absolute Gasteiger partial charge is 0.497 e. The summed E-state index contributed by atoms with van der Waals surface area (Å²) in [7, 11) is 2.04. The average Bonchev–Trinajstić information content (AvgIpc) is 3.71. The Bertz CT molecular complexity index is 2180. The molecule has 12 nitrogen and oxygen atoms in total. The van der Waals surface area contributed by atoms with Crippen LogP contribution in [0.5, 0.6) is 11.5 Å². The number of methoxy groups -OCH3 is 2. The van der Waals surface area contributed by atoms with Crippen molar-refractivity contribution in [2.24, 2.45) is 0 Å². The first-order chi connectivity index (χ1) is 27.9. The van der Waals surface area contributed by atoms with Gasteiger partial charge in [0.25, 0.3) is 5.91 Å². The third-order valence-electron chi connectivity index (χ3n) is 10.6. The van der Waals surface area contributed by atoms with Gasteiger partial charge in [0.2, 0.25) is 5.79 Å². The molecule has 0 radical (unpaired) electrons. The van der Waals surface area contributed by atoms with Crippen molar-refractivity contribution in [2.45, 2.75) is 76.5 Å². The van der Waals surface area contributed by atoms with Crippen molar-refractivity contribution in [3.05, 3.63) is 154 Å². The first kappa shape index (κ1) is 41.2. The SMILES string of the molecule is COc1ccc(C(O[C@@]23CO[C@@H]([C@H](n4cc(C)c(NC(=O)c5ccccc5)nc4=O)O2)[C@@H]3OP(C)N(C(C)C)C(C)C)(c2ccccc2)c2ccc(OC)cc2)cc1. The normalized spacial score (nSPS) is 20.8. The van der Waals surface area contributed by atoms with Gasteiger partial charge in [0.1, 0.15) is 43.9 Å². The molecule has 0 aliphatic carbocycles. The Morgan fingerprint density at radius 2 is 1.40 bits per heavy atom. The molecule has 5 aromatic rings. The molecule has 2 fully saturated rings. The Hall–Kier alpha value is -4.94. The van der Waals surface area contributed by atoms with Crippen molar-refractivity contribution in [1.82, 2.24) is 14.2 Å². The lowest BCUT2D eigenvalue weighted by molar-refractivity contribution is -0.317. The van der Waals surface area contributed by atoms with Crippen LogP contribution < -0.4 is 20.5 Å². The maximum atomic E-state index is 14.0. The van der Waals surface area contributed by atoms with Gasteiger partial charge in [-0.3, -0.25) is 14.0 Å². The number of nitrogens with zero attached hydrogens (tertiary/aromatic N) is 3. The molecule has 5 atom stereocenters. The van der Waals surface area contributed by atoms with E-state index < -0.39 is 43.8 Å². The van der Waals surface area contributed by atoms with E-state index in [2.05, 4.69) is 49.3 Å². The van der Waals surface area contributed by atoms with Crippen molar-refractivity contribution < 1.29 is 33.0 Å². The van der Waals surface area contributed by atoms with Crippen LogP contribution >= 0.6 is 8.30 Å². The van der Waals surface area contributed by atoms with Crippen LogP contribution in [-0.2, 0) is 24.3 Å². The number of fused-ring (bicyclic) bond motifs is 2. The van der Waals surface area contributed by atoms with Crippen LogP contribution in [0, 0.1) is 6.92 Å². The van der Waals surface area contributed by atoms with Crippen LogP contribution in [0.4, 0.5) is 5.82 Å². The molecule has 0 spiro atoms. The Morgan fingerprint density at radius 3 is 1.93 bits per heavy atom. The zero-order valence-corrected chi connectivity index (χ0v) is 35.0. The second-order valence-electron chi connectivity index (χ2n) is 15.0. The minimum absolute atomic E-state index is 0.0125. The number of carbonyl (C=O) groups excluding carboxylic acids is 1. The van der Waals surface area contributed by atoms with E-state index >= 15 is 0 Å². The zero-order chi connectivity index (χ0) is 41.2. The van der Waals surface area contributed by atoms with Gasteiger partial charge in [-0.05, 0) is 94.4 Å². The number of aryl methyl sites for hydroxylation is 1. The number of amides is 1. The van der Waals surface area contributed by atoms with Crippen LogP contribution in [-0.4, -0.2) is 77.7 Å². The molecular weight excluding hydrogens is 755 g/mol. The predicted octanol–water partition coefficient (Wildman–Crippen LogP) is 7.90. The smallest absolute Gasteiger partial charge is 0.351 e. The molecule has 3 heterocycles. The number of rotatable bonds is 15. The summed E-state index contributed by atoms with van der Waals surface area (Å²) >= 11 is 0. The summed E-state index contributed by atoms with van der Waals surface area (Å²) in [6.45, 7) is 12.5. The molecule has 13 heteroatoms. The second-order valence-corrected chi connectivity index (χ2v) is 16.6. The van der Waals surface area contributed by atoms with E-state index in [9.17, 15) is 9.59 Å². The minimum Gasteiger partial charge on any atom is -0.497 e. The maximum absolute atomic E-state index is 14.0. The molecular formula is C45H51N4O8P. The molecule has 2 bridgehead atoms. The third kappa shape index (κ3) is 7.80. The van der Waals surface area contributed by atoms with Gasteiger partial charge in [0.15, 0.2) is 12.3 Å². The van der Waals surface area contributed by atoms with Gasteiger partial charge in [-0.2, -0.15) is 4.98 Å². The molecule has 1 N–H and O–H groups in total. The number of carbonyl (C=O) groups is 1. The highest BCUT2D eigenvalue weighted by Crippen LogP contribution is 2.57. The molecule has 1 unspecified atom stereocenters. The zero-order valence-electron chi connectivity index (χ0n) is 34.1. The van der Waals surface area contributed by atoms with Crippen molar-refractivity contribution in [1.29, 1.82) is 0 Å². The Morgan fingerprint density at radius 1 is 0.862 bits per heavy atom. The second kappa shape index (κ2) is 17.1. The lowest BCUT2D eigenvalue weighted by Gasteiger charge is -2.44. The van der Waals surface area contributed by atoms with Crippen LogP contribution in [0.2, 0.25) is 0 Å². The summed E-state index contributed by atoms with van der Waals surface area (Å²) in [5, 5.41) is 2.79. The molecule has 58 heavy (non-hydrogen) atoms. The molecule has 0 saturated carbocycles. The molecule has 2 saturated heterocycles. The van der Waals surface area contributed by atoms with Crippen LogP contribution in [0.25, 0.3) is 0 Å². The number of ether oxygens (including phenoxy) is 5. The fraction of sp³-hybridized carbons (Fsp3) is 0.356. The highest BCUT2D eigenvalue weighted by atomic mass is 31.2. The van der Waals surface area contributed by atoms with E-state index in [0.29, 0.717) is 22.6 Å². The first-order valence-electron chi connectivity index (χ1n) is 19.4. The number of hydrogen-bond donors (Lipinski definition) is 1. The minimum atomic E-state index is -1.55. The number of aromatic nitrogens is 2. The van der Waals surface area contributed by atoms with Crippen molar-refractivity contribution >= 4 is 20.0 Å². The third-order valence-corrected chi connectivity index (χ3v) is 12.7. The van der Waals surface area contributed by atoms with Gasteiger partial charge < -0.3 is 33.5 Å². The Balaban J connectivity index is 1.37. The summed E-state index contributed by atoms with van der Waals surface area (Å²) in [5.41, 5.74) is 1.49. The lowest BCUT2D eigenvalue weighted by atomic mass is 9.79. The summed E-state index contributed by atoms with van der Waals surface area (Å²) in [6, 6.07) is 34.6. The van der Waals surface area contributed by atoms with E-state index in [4.69, 9.17) is 28.2 Å². The van der Waals surface area contributed by atoms with E-state index in [1.807, 2.05) is 84.9 Å². The van der Waals surface area contributed by atoms with E-state index in [0.717, 1.165) is 16.7 Å². The molecule has 1 aromatic heterocycles. The van der Waals surface area contributed by atoms with Gasteiger partial charge in [-0.15, -0.1) is 0 Å². The topological polar surface area (TPSA) is 123 Å². The number of anilines is 1. The van der Waals surface area contributed by atoms with E-state index in [1.165, 1.54) is 4.57 Å².